The highest BCUT2D eigenvalue weighted by Gasteiger charge is 2.34. The van der Waals surface area contributed by atoms with Crippen LogP contribution >= 0.6 is 11.6 Å². The summed E-state index contributed by atoms with van der Waals surface area (Å²) >= 11 is 5.91. The van der Waals surface area contributed by atoms with Crippen molar-refractivity contribution in [1.82, 2.24) is 0 Å². The van der Waals surface area contributed by atoms with Gasteiger partial charge in [-0.2, -0.15) is 0 Å². The molecule has 2 rings (SSSR count). The fourth-order valence-electron chi connectivity index (χ4n) is 3.03. The van der Waals surface area contributed by atoms with Crippen molar-refractivity contribution < 1.29 is 4.39 Å². The number of aryl methyl sites for hydroxylation is 1. The Labute approximate surface area is 107 Å². The summed E-state index contributed by atoms with van der Waals surface area (Å²) < 4.78 is 13.4. The maximum Gasteiger partial charge on any atom is 0.142 e. The molecule has 0 saturated heterocycles. The number of nitrogens with two attached hydrogens (primary N) is 1. The van der Waals surface area contributed by atoms with Crippen molar-refractivity contribution >= 4 is 11.6 Å². The summed E-state index contributed by atoms with van der Waals surface area (Å²) in [5.74, 6) is -0.337. The monoisotopic (exact) mass is 255 g/mol. The Kier molecular flexibility index (Phi) is 3.74. The molecule has 0 aliphatic heterocycles. The number of rotatable bonds is 2. The van der Waals surface area contributed by atoms with Gasteiger partial charge in [0.2, 0.25) is 0 Å². The highest BCUT2D eigenvalue weighted by Crippen LogP contribution is 2.41. The molecule has 1 aromatic rings. The van der Waals surface area contributed by atoms with Crippen LogP contribution in [0.5, 0.6) is 0 Å². The molecule has 1 aromatic carbocycles. The number of hydrogen-bond donors (Lipinski definition) is 1. The Balaban J connectivity index is 2.46. The summed E-state index contributed by atoms with van der Waals surface area (Å²) in [5.41, 5.74) is 8.12. The predicted octanol–water partition coefficient (Wildman–Crippen LogP) is 3.95. The van der Waals surface area contributed by atoms with Crippen LogP contribution in [0.1, 0.15) is 43.2 Å². The summed E-state index contributed by atoms with van der Waals surface area (Å²) in [4.78, 5) is 0. The van der Waals surface area contributed by atoms with E-state index in [4.69, 9.17) is 17.3 Å². The molecule has 1 aliphatic rings. The molecule has 0 bridgehead atoms. The van der Waals surface area contributed by atoms with Gasteiger partial charge in [0.05, 0.1) is 5.02 Å². The molecule has 0 radical (unpaired) electrons. The number of benzene rings is 1. The normalized spacial score (nSPS) is 19.3. The molecular weight excluding hydrogens is 237 g/mol. The van der Waals surface area contributed by atoms with Gasteiger partial charge in [-0.25, -0.2) is 4.39 Å². The van der Waals surface area contributed by atoms with E-state index in [2.05, 4.69) is 0 Å². The van der Waals surface area contributed by atoms with Gasteiger partial charge in [-0.15, -0.1) is 0 Å². The summed E-state index contributed by atoms with van der Waals surface area (Å²) in [6.07, 6.45) is 5.85. The van der Waals surface area contributed by atoms with E-state index < -0.39 is 0 Å². The third-order valence-corrected chi connectivity index (χ3v) is 4.33. The van der Waals surface area contributed by atoms with Crippen LogP contribution in [0, 0.1) is 12.7 Å². The maximum absolute atomic E-state index is 13.4. The lowest BCUT2D eigenvalue weighted by molar-refractivity contribution is 0.299. The molecule has 94 valence electrons. The fraction of sp³-hybridized carbons (Fsp3) is 0.571. The number of halogens is 2. The SMILES string of the molecule is Cc1cc(F)c(Cl)cc1C1(CN)CCCCC1. The average Bonchev–Trinajstić information content (AvgIpc) is 2.34. The average molecular weight is 256 g/mol. The van der Waals surface area contributed by atoms with Gasteiger partial charge in [-0.1, -0.05) is 30.9 Å². The van der Waals surface area contributed by atoms with Gasteiger partial charge >= 0.3 is 0 Å². The zero-order valence-corrected chi connectivity index (χ0v) is 11.0. The van der Waals surface area contributed by atoms with Crippen LogP contribution in [0.25, 0.3) is 0 Å². The molecule has 0 heterocycles. The lowest BCUT2D eigenvalue weighted by atomic mass is 9.68. The second-order valence-corrected chi connectivity index (χ2v) is 5.53. The Morgan fingerprint density at radius 2 is 1.94 bits per heavy atom. The van der Waals surface area contributed by atoms with E-state index in [9.17, 15) is 4.39 Å². The summed E-state index contributed by atoms with van der Waals surface area (Å²) in [6, 6.07) is 3.31. The van der Waals surface area contributed by atoms with E-state index in [1.54, 1.807) is 6.07 Å². The molecule has 0 atom stereocenters. The van der Waals surface area contributed by atoms with E-state index in [0.717, 1.165) is 24.0 Å². The third-order valence-electron chi connectivity index (χ3n) is 4.04. The van der Waals surface area contributed by atoms with E-state index >= 15 is 0 Å². The lowest BCUT2D eigenvalue weighted by Gasteiger charge is -2.38. The molecule has 1 saturated carbocycles. The molecule has 0 spiro atoms. The largest absolute Gasteiger partial charge is 0.330 e. The zero-order valence-electron chi connectivity index (χ0n) is 10.2. The van der Waals surface area contributed by atoms with Crippen molar-refractivity contribution in [3.05, 3.63) is 34.1 Å². The lowest BCUT2D eigenvalue weighted by Crippen LogP contribution is -2.37. The Hall–Kier alpha value is -0.600. The Morgan fingerprint density at radius 3 is 2.53 bits per heavy atom. The molecule has 1 nitrogen and oxygen atoms in total. The summed E-state index contributed by atoms with van der Waals surface area (Å²) in [7, 11) is 0. The first-order chi connectivity index (χ1) is 8.09. The van der Waals surface area contributed by atoms with E-state index in [1.165, 1.54) is 25.3 Å². The molecule has 1 aliphatic carbocycles. The van der Waals surface area contributed by atoms with Crippen molar-refractivity contribution in [2.24, 2.45) is 5.73 Å². The van der Waals surface area contributed by atoms with Crippen molar-refractivity contribution in [3.63, 3.8) is 0 Å². The third kappa shape index (κ3) is 2.34. The summed E-state index contributed by atoms with van der Waals surface area (Å²) in [6.45, 7) is 2.57. The second-order valence-electron chi connectivity index (χ2n) is 5.13. The first kappa shape index (κ1) is 12.8. The molecular formula is C14H19ClFN. The minimum Gasteiger partial charge on any atom is -0.330 e. The van der Waals surface area contributed by atoms with Crippen LogP contribution in [0.2, 0.25) is 5.02 Å². The van der Waals surface area contributed by atoms with Crippen molar-refractivity contribution in [3.8, 4) is 0 Å². The quantitative estimate of drug-likeness (QED) is 0.851. The van der Waals surface area contributed by atoms with Crippen LogP contribution in [-0.2, 0) is 5.41 Å². The Bertz CT molecular complexity index is 411. The van der Waals surface area contributed by atoms with Gasteiger partial charge in [-0.05, 0) is 43.0 Å². The molecule has 2 N–H and O–H groups in total. The number of hydrogen-bond acceptors (Lipinski definition) is 1. The van der Waals surface area contributed by atoms with E-state index in [0.29, 0.717) is 6.54 Å². The van der Waals surface area contributed by atoms with Crippen LogP contribution in [0.4, 0.5) is 4.39 Å². The minimum absolute atomic E-state index is 0.0136. The van der Waals surface area contributed by atoms with Gasteiger partial charge in [0.1, 0.15) is 5.82 Å². The summed E-state index contributed by atoms with van der Waals surface area (Å²) in [5, 5.41) is 0.212. The highest BCUT2D eigenvalue weighted by atomic mass is 35.5. The Morgan fingerprint density at radius 1 is 1.29 bits per heavy atom. The molecule has 17 heavy (non-hydrogen) atoms. The van der Waals surface area contributed by atoms with E-state index in [1.807, 2.05) is 6.92 Å². The van der Waals surface area contributed by atoms with Crippen molar-refractivity contribution in [2.75, 3.05) is 6.54 Å². The zero-order chi connectivity index (χ0) is 12.5. The van der Waals surface area contributed by atoms with Gasteiger partial charge < -0.3 is 5.73 Å². The molecule has 1 fully saturated rings. The van der Waals surface area contributed by atoms with E-state index in [-0.39, 0.29) is 16.3 Å². The fourth-order valence-corrected chi connectivity index (χ4v) is 3.19. The molecule has 0 amide bonds. The van der Waals surface area contributed by atoms with Gasteiger partial charge in [-0.3, -0.25) is 0 Å². The molecule has 3 heteroatoms. The van der Waals surface area contributed by atoms with Crippen molar-refractivity contribution in [2.45, 2.75) is 44.4 Å². The minimum atomic E-state index is -0.337. The van der Waals surface area contributed by atoms with Crippen LogP contribution in [0.15, 0.2) is 12.1 Å². The standard InChI is InChI=1S/C14H19ClFN/c1-10-7-13(16)12(15)8-11(10)14(9-17)5-3-2-4-6-14/h7-8H,2-6,9,17H2,1H3. The highest BCUT2D eigenvalue weighted by molar-refractivity contribution is 6.30. The van der Waals surface area contributed by atoms with Crippen molar-refractivity contribution in [1.29, 1.82) is 0 Å². The first-order valence-electron chi connectivity index (χ1n) is 6.25. The second kappa shape index (κ2) is 4.95. The predicted molar refractivity (Wildman–Crippen MR) is 70.0 cm³/mol. The molecule has 0 aromatic heterocycles. The van der Waals surface area contributed by atoms with Gasteiger partial charge in [0.25, 0.3) is 0 Å². The first-order valence-corrected chi connectivity index (χ1v) is 6.63. The molecule has 0 unspecified atom stereocenters. The topological polar surface area (TPSA) is 26.0 Å². The van der Waals surface area contributed by atoms with Crippen LogP contribution in [0.3, 0.4) is 0 Å². The van der Waals surface area contributed by atoms with Gasteiger partial charge in [0.15, 0.2) is 0 Å². The van der Waals surface area contributed by atoms with Crippen LogP contribution in [-0.4, -0.2) is 6.54 Å². The smallest absolute Gasteiger partial charge is 0.142 e. The van der Waals surface area contributed by atoms with Crippen LogP contribution < -0.4 is 5.73 Å². The maximum atomic E-state index is 13.4. The van der Waals surface area contributed by atoms with Gasteiger partial charge in [0, 0.05) is 12.0 Å².